The first kappa shape index (κ1) is 12.1. The molecule has 3 rings (SSSR count). The van der Waals surface area contributed by atoms with Crippen LogP contribution >= 0.6 is 11.6 Å². The SMILES string of the molecule is Cc1noc(CCn2c(CCl)nc3cnccc32)n1. The topological polar surface area (TPSA) is 69.6 Å². The van der Waals surface area contributed by atoms with Crippen molar-refractivity contribution in [1.82, 2.24) is 24.7 Å². The van der Waals surface area contributed by atoms with E-state index in [1.165, 1.54) is 0 Å². The van der Waals surface area contributed by atoms with E-state index >= 15 is 0 Å². The van der Waals surface area contributed by atoms with Crippen LogP contribution in [0.5, 0.6) is 0 Å². The van der Waals surface area contributed by atoms with Crippen LogP contribution in [0.4, 0.5) is 0 Å². The van der Waals surface area contributed by atoms with Crippen LogP contribution in [0, 0.1) is 6.92 Å². The Balaban J connectivity index is 1.90. The molecule has 0 aromatic carbocycles. The first-order chi connectivity index (χ1) is 9.28. The van der Waals surface area contributed by atoms with Crippen LogP contribution in [0.1, 0.15) is 17.5 Å². The van der Waals surface area contributed by atoms with Crippen LogP contribution in [0.15, 0.2) is 23.0 Å². The van der Waals surface area contributed by atoms with E-state index in [2.05, 4.69) is 24.7 Å². The van der Waals surface area contributed by atoms with E-state index in [1.54, 1.807) is 19.3 Å². The van der Waals surface area contributed by atoms with E-state index in [0.717, 1.165) is 16.9 Å². The molecule has 0 N–H and O–H groups in total. The summed E-state index contributed by atoms with van der Waals surface area (Å²) in [5.41, 5.74) is 1.86. The van der Waals surface area contributed by atoms with Crippen molar-refractivity contribution in [2.45, 2.75) is 25.8 Å². The lowest BCUT2D eigenvalue weighted by atomic mass is 10.3. The van der Waals surface area contributed by atoms with Gasteiger partial charge in [0.15, 0.2) is 5.82 Å². The Bertz CT molecular complexity index is 705. The van der Waals surface area contributed by atoms with Gasteiger partial charge in [0.1, 0.15) is 11.3 Å². The van der Waals surface area contributed by atoms with Crippen LogP contribution in [-0.4, -0.2) is 24.7 Å². The fraction of sp³-hybridized carbons (Fsp3) is 0.333. The average Bonchev–Trinajstić information content (AvgIpc) is 2.99. The Kier molecular flexibility index (Phi) is 3.16. The van der Waals surface area contributed by atoms with Gasteiger partial charge in [0.05, 0.1) is 17.6 Å². The smallest absolute Gasteiger partial charge is 0.228 e. The van der Waals surface area contributed by atoms with E-state index in [1.807, 2.05) is 6.07 Å². The molecule has 0 aliphatic rings. The van der Waals surface area contributed by atoms with Gasteiger partial charge in [0.2, 0.25) is 5.89 Å². The molecule has 0 spiro atoms. The highest BCUT2D eigenvalue weighted by Gasteiger charge is 2.11. The fourth-order valence-corrected chi connectivity index (χ4v) is 2.24. The van der Waals surface area contributed by atoms with E-state index in [4.69, 9.17) is 16.1 Å². The van der Waals surface area contributed by atoms with E-state index < -0.39 is 0 Å². The van der Waals surface area contributed by atoms with Crippen molar-refractivity contribution in [3.8, 4) is 0 Å². The molecule has 3 aromatic rings. The number of imidazole rings is 1. The number of aromatic nitrogens is 5. The zero-order chi connectivity index (χ0) is 13.2. The van der Waals surface area contributed by atoms with Crippen molar-refractivity contribution in [2.75, 3.05) is 0 Å². The van der Waals surface area contributed by atoms with Crippen LogP contribution in [0.25, 0.3) is 11.0 Å². The summed E-state index contributed by atoms with van der Waals surface area (Å²) >= 11 is 5.93. The number of rotatable bonds is 4. The zero-order valence-electron chi connectivity index (χ0n) is 10.4. The molecule has 0 unspecified atom stereocenters. The second kappa shape index (κ2) is 4.97. The average molecular weight is 278 g/mol. The molecule has 0 aliphatic heterocycles. The minimum absolute atomic E-state index is 0.359. The Morgan fingerprint density at radius 3 is 3.00 bits per heavy atom. The number of pyridine rings is 1. The van der Waals surface area contributed by atoms with Gasteiger partial charge in [-0.25, -0.2) is 4.98 Å². The minimum atomic E-state index is 0.359. The van der Waals surface area contributed by atoms with Gasteiger partial charge >= 0.3 is 0 Å². The molecule has 0 radical (unpaired) electrons. The Labute approximate surface area is 114 Å². The molecule has 0 amide bonds. The minimum Gasteiger partial charge on any atom is -0.339 e. The predicted molar refractivity (Wildman–Crippen MR) is 69.8 cm³/mol. The highest BCUT2D eigenvalue weighted by atomic mass is 35.5. The highest BCUT2D eigenvalue weighted by Crippen LogP contribution is 2.17. The third kappa shape index (κ3) is 2.31. The number of nitrogens with zero attached hydrogens (tertiary/aromatic N) is 5. The molecule has 3 heterocycles. The standard InChI is InChI=1S/C12H12ClN5O/c1-8-15-12(19-17-8)3-5-18-10-2-4-14-7-9(10)16-11(18)6-13/h2,4,7H,3,5-6H2,1H3. The van der Waals surface area contributed by atoms with Gasteiger partial charge in [-0.05, 0) is 13.0 Å². The summed E-state index contributed by atoms with van der Waals surface area (Å²) in [4.78, 5) is 12.7. The molecule has 3 aromatic heterocycles. The third-order valence-corrected chi connectivity index (χ3v) is 3.11. The molecule has 19 heavy (non-hydrogen) atoms. The summed E-state index contributed by atoms with van der Waals surface area (Å²) in [7, 11) is 0. The molecule has 0 atom stereocenters. The second-order valence-corrected chi connectivity index (χ2v) is 4.43. The molecule has 0 saturated carbocycles. The van der Waals surface area contributed by atoms with Crippen molar-refractivity contribution >= 4 is 22.6 Å². The van der Waals surface area contributed by atoms with Crippen molar-refractivity contribution in [3.05, 3.63) is 36.0 Å². The Morgan fingerprint density at radius 2 is 2.26 bits per heavy atom. The Hall–Kier alpha value is -1.95. The molecular formula is C12H12ClN5O. The number of aryl methyl sites for hydroxylation is 3. The summed E-state index contributed by atoms with van der Waals surface area (Å²) < 4.78 is 7.17. The van der Waals surface area contributed by atoms with Crippen molar-refractivity contribution in [1.29, 1.82) is 0 Å². The van der Waals surface area contributed by atoms with Crippen LogP contribution in [0.3, 0.4) is 0 Å². The number of fused-ring (bicyclic) bond motifs is 1. The van der Waals surface area contributed by atoms with Gasteiger partial charge in [-0.15, -0.1) is 11.6 Å². The van der Waals surface area contributed by atoms with Gasteiger partial charge in [-0.3, -0.25) is 4.98 Å². The lowest BCUT2D eigenvalue weighted by Gasteiger charge is -2.05. The first-order valence-electron chi connectivity index (χ1n) is 5.92. The summed E-state index contributed by atoms with van der Waals surface area (Å²) in [6.45, 7) is 2.50. The van der Waals surface area contributed by atoms with E-state index in [-0.39, 0.29) is 0 Å². The molecule has 0 saturated heterocycles. The molecule has 0 bridgehead atoms. The lowest BCUT2D eigenvalue weighted by molar-refractivity contribution is 0.368. The van der Waals surface area contributed by atoms with Gasteiger partial charge in [0.25, 0.3) is 0 Å². The van der Waals surface area contributed by atoms with Crippen molar-refractivity contribution in [3.63, 3.8) is 0 Å². The molecular weight excluding hydrogens is 266 g/mol. The first-order valence-corrected chi connectivity index (χ1v) is 6.45. The maximum atomic E-state index is 5.93. The molecule has 0 aliphatic carbocycles. The molecule has 7 heteroatoms. The van der Waals surface area contributed by atoms with Crippen molar-refractivity contribution < 1.29 is 4.52 Å². The normalized spacial score (nSPS) is 11.3. The quantitative estimate of drug-likeness (QED) is 0.683. The van der Waals surface area contributed by atoms with Crippen molar-refractivity contribution in [2.24, 2.45) is 0 Å². The third-order valence-electron chi connectivity index (χ3n) is 2.87. The summed E-state index contributed by atoms with van der Waals surface area (Å²) in [6.07, 6.45) is 4.13. The summed E-state index contributed by atoms with van der Waals surface area (Å²) in [6, 6.07) is 1.93. The highest BCUT2D eigenvalue weighted by molar-refractivity contribution is 6.16. The van der Waals surface area contributed by atoms with E-state index in [9.17, 15) is 0 Å². The monoisotopic (exact) mass is 277 g/mol. The Morgan fingerprint density at radius 1 is 1.37 bits per heavy atom. The summed E-state index contributed by atoms with van der Waals surface area (Å²) in [5, 5.41) is 3.77. The summed E-state index contributed by atoms with van der Waals surface area (Å²) in [5.74, 6) is 2.44. The van der Waals surface area contributed by atoms with Crippen LogP contribution < -0.4 is 0 Å². The molecule has 98 valence electrons. The van der Waals surface area contributed by atoms with Gasteiger partial charge in [-0.2, -0.15) is 4.98 Å². The van der Waals surface area contributed by atoms with E-state index in [0.29, 0.717) is 30.6 Å². The molecule has 0 fully saturated rings. The lowest BCUT2D eigenvalue weighted by Crippen LogP contribution is -2.05. The second-order valence-electron chi connectivity index (χ2n) is 4.16. The fourth-order valence-electron chi connectivity index (χ4n) is 2.03. The van der Waals surface area contributed by atoms with Gasteiger partial charge in [-0.1, -0.05) is 5.16 Å². The number of alkyl halides is 1. The zero-order valence-corrected chi connectivity index (χ0v) is 11.1. The van der Waals surface area contributed by atoms with Crippen LogP contribution in [0.2, 0.25) is 0 Å². The van der Waals surface area contributed by atoms with Crippen LogP contribution in [-0.2, 0) is 18.8 Å². The maximum absolute atomic E-state index is 5.93. The largest absolute Gasteiger partial charge is 0.339 e. The number of hydrogen-bond donors (Lipinski definition) is 0. The van der Waals surface area contributed by atoms with Gasteiger partial charge < -0.3 is 9.09 Å². The number of halogens is 1. The predicted octanol–water partition coefficient (Wildman–Crippen LogP) is 2.10. The molecule has 6 nitrogen and oxygen atoms in total. The van der Waals surface area contributed by atoms with Gasteiger partial charge in [0, 0.05) is 19.2 Å². The number of hydrogen-bond acceptors (Lipinski definition) is 5. The maximum Gasteiger partial charge on any atom is 0.228 e.